The van der Waals surface area contributed by atoms with Gasteiger partial charge in [-0.25, -0.2) is 0 Å². The molecule has 1 heterocycles. The number of anilines is 2. The molecule has 1 aromatic heterocycles. The summed E-state index contributed by atoms with van der Waals surface area (Å²) in [7, 11) is 3.05. The maximum atomic E-state index is 13.2. The van der Waals surface area contributed by atoms with Crippen molar-refractivity contribution in [1.82, 2.24) is 0 Å². The largest absolute Gasteiger partial charge is 0.497 e. The zero-order valence-corrected chi connectivity index (χ0v) is 18.4. The number of benzene rings is 3. The van der Waals surface area contributed by atoms with Crippen LogP contribution in [0.15, 0.2) is 77.2 Å². The van der Waals surface area contributed by atoms with E-state index in [1.807, 2.05) is 36.4 Å². The van der Waals surface area contributed by atoms with E-state index < -0.39 is 5.91 Å². The van der Waals surface area contributed by atoms with Gasteiger partial charge in [0.05, 0.1) is 19.9 Å². The van der Waals surface area contributed by atoms with E-state index in [4.69, 9.17) is 13.9 Å². The number of hydrogen-bond acceptors (Lipinski definition) is 5. The minimum atomic E-state index is -0.517. The highest BCUT2D eigenvalue weighted by atomic mass is 16.5. The molecule has 0 fully saturated rings. The number of amides is 2. The maximum absolute atomic E-state index is 13.2. The monoisotopic (exact) mass is 444 g/mol. The van der Waals surface area contributed by atoms with Gasteiger partial charge in [0, 0.05) is 17.9 Å². The first kappa shape index (κ1) is 22.0. The standard InChI is InChI=1S/C26H24N2O5/c1-31-18-13-14-22(32-2)20(16-18)27-26(30)25-24(19-10-6-7-11-21(19)33-25)28-23(29)15-12-17-8-4-3-5-9-17/h3-11,13-14,16H,12,15H2,1-2H3,(H,27,30)(H,28,29). The molecule has 2 amide bonds. The van der Waals surface area contributed by atoms with Gasteiger partial charge in [-0.2, -0.15) is 0 Å². The number of rotatable bonds is 8. The summed E-state index contributed by atoms with van der Waals surface area (Å²) in [4.78, 5) is 25.9. The van der Waals surface area contributed by atoms with Crippen LogP contribution in [0.2, 0.25) is 0 Å². The highest BCUT2D eigenvalue weighted by Gasteiger charge is 2.23. The lowest BCUT2D eigenvalue weighted by Crippen LogP contribution is -2.17. The predicted octanol–water partition coefficient (Wildman–Crippen LogP) is 5.27. The number of para-hydroxylation sites is 1. The second-order valence-corrected chi connectivity index (χ2v) is 7.36. The van der Waals surface area contributed by atoms with Gasteiger partial charge in [-0.05, 0) is 36.2 Å². The first-order valence-electron chi connectivity index (χ1n) is 10.5. The van der Waals surface area contributed by atoms with Gasteiger partial charge >= 0.3 is 0 Å². The van der Waals surface area contributed by atoms with E-state index in [1.165, 1.54) is 14.2 Å². The summed E-state index contributed by atoms with van der Waals surface area (Å²) in [5.41, 5.74) is 2.32. The molecule has 0 aliphatic rings. The van der Waals surface area contributed by atoms with Crippen molar-refractivity contribution < 1.29 is 23.5 Å². The third kappa shape index (κ3) is 4.98. The normalized spacial score (nSPS) is 10.6. The maximum Gasteiger partial charge on any atom is 0.293 e. The number of methoxy groups -OCH3 is 2. The summed E-state index contributed by atoms with van der Waals surface area (Å²) in [6.07, 6.45) is 0.860. The van der Waals surface area contributed by atoms with Gasteiger partial charge in [0.2, 0.25) is 11.7 Å². The Morgan fingerprint density at radius 1 is 0.879 bits per heavy atom. The number of aryl methyl sites for hydroxylation is 1. The van der Waals surface area contributed by atoms with Gasteiger partial charge in [-0.3, -0.25) is 9.59 Å². The summed E-state index contributed by atoms with van der Waals surface area (Å²) in [5, 5.41) is 6.31. The minimum absolute atomic E-state index is 0.00846. The fourth-order valence-electron chi connectivity index (χ4n) is 3.52. The molecular formula is C26H24N2O5. The van der Waals surface area contributed by atoms with Crippen LogP contribution in [0.4, 0.5) is 11.4 Å². The smallest absolute Gasteiger partial charge is 0.293 e. The van der Waals surface area contributed by atoms with Crippen molar-refractivity contribution in [2.24, 2.45) is 0 Å². The minimum Gasteiger partial charge on any atom is -0.497 e. The highest BCUT2D eigenvalue weighted by molar-refractivity contribution is 6.14. The van der Waals surface area contributed by atoms with E-state index in [2.05, 4.69) is 10.6 Å². The lowest BCUT2D eigenvalue weighted by atomic mass is 10.1. The second-order valence-electron chi connectivity index (χ2n) is 7.36. The zero-order chi connectivity index (χ0) is 23.2. The van der Waals surface area contributed by atoms with Crippen LogP contribution in [0.3, 0.4) is 0 Å². The molecule has 0 spiro atoms. The molecular weight excluding hydrogens is 420 g/mol. The van der Waals surface area contributed by atoms with E-state index >= 15 is 0 Å². The third-order valence-corrected chi connectivity index (χ3v) is 5.20. The van der Waals surface area contributed by atoms with E-state index in [0.717, 1.165) is 5.56 Å². The molecule has 0 atom stereocenters. The van der Waals surface area contributed by atoms with Crippen LogP contribution in [0, 0.1) is 0 Å². The van der Waals surface area contributed by atoms with Gasteiger partial charge in [0.25, 0.3) is 5.91 Å². The molecule has 7 nitrogen and oxygen atoms in total. The predicted molar refractivity (Wildman–Crippen MR) is 127 cm³/mol. The summed E-state index contributed by atoms with van der Waals surface area (Å²) in [6.45, 7) is 0. The van der Waals surface area contributed by atoms with E-state index in [1.54, 1.807) is 36.4 Å². The molecule has 0 unspecified atom stereocenters. The Balaban J connectivity index is 1.59. The number of carbonyl (C=O) groups is 2. The zero-order valence-electron chi connectivity index (χ0n) is 18.4. The van der Waals surface area contributed by atoms with Crippen molar-refractivity contribution in [2.45, 2.75) is 12.8 Å². The van der Waals surface area contributed by atoms with E-state index in [9.17, 15) is 9.59 Å². The van der Waals surface area contributed by atoms with E-state index in [-0.39, 0.29) is 18.1 Å². The molecule has 0 saturated carbocycles. The Hall–Kier alpha value is -4.26. The average Bonchev–Trinajstić information content (AvgIpc) is 3.21. The van der Waals surface area contributed by atoms with Gasteiger partial charge in [0.15, 0.2) is 0 Å². The Kier molecular flexibility index (Phi) is 6.59. The van der Waals surface area contributed by atoms with Crippen LogP contribution in [0.1, 0.15) is 22.5 Å². The van der Waals surface area contributed by atoms with Crippen LogP contribution in [0.25, 0.3) is 11.0 Å². The summed E-state index contributed by atoms with van der Waals surface area (Å²) < 4.78 is 16.4. The molecule has 4 aromatic rings. The molecule has 2 N–H and O–H groups in total. The van der Waals surface area contributed by atoms with Crippen molar-refractivity contribution in [3.63, 3.8) is 0 Å². The fraction of sp³-hybridized carbons (Fsp3) is 0.154. The number of nitrogens with one attached hydrogen (secondary N) is 2. The van der Waals surface area contributed by atoms with Crippen LogP contribution in [0.5, 0.6) is 11.5 Å². The van der Waals surface area contributed by atoms with Crippen molar-refractivity contribution in [3.8, 4) is 11.5 Å². The van der Waals surface area contributed by atoms with Gasteiger partial charge < -0.3 is 24.5 Å². The Morgan fingerprint density at radius 3 is 2.39 bits per heavy atom. The lowest BCUT2D eigenvalue weighted by Gasteiger charge is -2.12. The molecule has 0 radical (unpaired) electrons. The van der Waals surface area contributed by atoms with Crippen molar-refractivity contribution >= 4 is 34.2 Å². The molecule has 0 saturated heterocycles. The van der Waals surface area contributed by atoms with Crippen molar-refractivity contribution in [1.29, 1.82) is 0 Å². The fourth-order valence-corrected chi connectivity index (χ4v) is 3.52. The number of fused-ring (bicyclic) bond motifs is 1. The molecule has 4 rings (SSSR count). The lowest BCUT2D eigenvalue weighted by molar-refractivity contribution is -0.116. The van der Waals surface area contributed by atoms with Crippen LogP contribution >= 0.6 is 0 Å². The molecule has 0 bridgehead atoms. The first-order valence-corrected chi connectivity index (χ1v) is 10.5. The first-order chi connectivity index (χ1) is 16.1. The van der Waals surface area contributed by atoms with Crippen LogP contribution < -0.4 is 20.1 Å². The summed E-state index contributed by atoms with van der Waals surface area (Å²) in [5.74, 6) is 0.308. The Labute approximate surface area is 191 Å². The number of hydrogen-bond donors (Lipinski definition) is 2. The quantitative estimate of drug-likeness (QED) is 0.386. The average molecular weight is 444 g/mol. The second kappa shape index (κ2) is 9.91. The molecule has 0 aliphatic heterocycles. The van der Waals surface area contributed by atoms with Crippen molar-refractivity contribution in [2.75, 3.05) is 24.9 Å². The summed E-state index contributed by atoms with van der Waals surface area (Å²) in [6, 6.07) is 22.0. The Morgan fingerprint density at radius 2 is 1.64 bits per heavy atom. The summed E-state index contributed by atoms with van der Waals surface area (Å²) >= 11 is 0. The molecule has 168 valence electrons. The Bertz CT molecular complexity index is 1280. The van der Waals surface area contributed by atoms with E-state index in [0.29, 0.717) is 40.3 Å². The number of furan rings is 1. The SMILES string of the molecule is COc1ccc(OC)c(NC(=O)c2oc3ccccc3c2NC(=O)CCc2ccccc2)c1. The topological polar surface area (TPSA) is 89.8 Å². The number of ether oxygens (including phenoxy) is 2. The molecule has 33 heavy (non-hydrogen) atoms. The molecule has 3 aromatic carbocycles. The number of carbonyl (C=O) groups excluding carboxylic acids is 2. The molecule has 7 heteroatoms. The third-order valence-electron chi connectivity index (χ3n) is 5.20. The highest BCUT2D eigenvalue weighted by Crippen LogP contribution is 2.34. The van der Waals surface area contributed by atoms with Crippen LogP contribution in [-0.4, -0.2) is 26.0 Å². The van der Waals surface area contributed by atoms with Crippen LogP contribution in [-0.2, 0) is 11.2 Å². The van der Waals surface area contributed by atoms with Crippen molar-refractivity contribution in [3.05, 3.63) is 84.1 Å². The molecule has 0 aliphatic carbocycles. The van der Waals surface area contributed by atoms with Gasteiger partial charge in [-0.15, -0.1) is 0 Å². The van der Waals surface area contributed by atoms with Gasteiger partial charge in [0.1, 0.15) is 22.8 Å². The van der Waals surface area contributed by atoms with Gasteiger partial charge in [-0.1, -0.05) is 42.5 Å².